The summed E-state index contributed by atoms with van der Waals surface area (Å²) < 4.78 is 0. The van der Waals surface area contributed by atoms with Crippen molar-refractivity contribution in [1.82, 2.24) is 0 Å². The van der Waals surface area contributed by atoms with Crippen molar-refractivity contribution in [2.75, 3.05) is 6.61 Å². The fourth-order valence-electron chi connectivity index (χ4n) is 0.856. The monoisotopic (exact) mass is 126 g/mol. The van der Waals surface area contributed by atoms with Gasteiger partial charge in [0.1, 0.15) is 5.76 Å². The molecule has 2 nitrogen and oxygen atoms in total. The highest BCUT2D eigenvalue weighted by molar-refractivity contribution is 5.16. The van der Waals surface area contributed by atoms with Crippen LogP contribution in [0.3, 0.4) is 0 Å². The first-order valence-electron chi connectivity index (χ1n) is 3.01. The first kappa shape index (κ1) is 6.36. The highest BCUT2D eigenvalue weighted by Gasteiger charge is 2.05. The number of hydrogen-bond acceptors (Lipinski definition) is 2. The van der Waals surface area contributed by atoms with Crippen LogP contribution >= 0.6 is 0 Å². The van der Waals surface area contributed by atoms with Crippen LogP contribution in [-0.2, 0) is 0 Å². The van der Waals surface area contributed by atoms with Gasteiger partial charge in [0, 0.05) is 12.5 Å². The lowest BCUT2D eigenvalue weighted by Crippen LogP contribution is -2.04. The molecular formula is C7H10O2. The van der Waals surface area contributed by atoms with Crippen molar-refractivity contribution in [3.8, 4) is 0 Å². The summed E-state index contributed by atoms with van der Waals surface area (Å²) in [6.07, 6.45) is 6.00. The second kappa shape index (κ2) is 2.69. The van der Waals surface area contributed by atoms with Gasteiger partial charge < -0.3 is 10.2 Å². The Bertz CT molecular complexity index is 147. The number of aliphatic hydroxyl groups excluding tert-OH is 2. The fourth-order valence-corrected chi connectivity index (χ4v) is 0.856. The minimum atomic E-state index is 0.119. The van der Waals surface area contributed by atoms with Gasteiger partial charge in [-0.2, -0.15) is 0 Å². The van der Waals surface area contributed by atoms with Crippen LogP contribution in [0, 0.1) is 5.92 Å². The Balaban J connectivity index is 2.55. The lowest BCUT2D eigenvalue weighted by Gasteiger charge is -2.09. The molecule has 0 bridgehead atoms. The molecule has 0 aromatic carbocycles. The zero-order chi connectivity index (χ0) is 6.69. The quantitative estimate of drug-likeness (QED) is 0.550. The summed E-state index contributed by atoms with van der Waals surface area (Å²) in [5.41, 5.74) is 0. The van der Waals surface area contributed by atoms with Crippen LogP contribution < -0.4 is 0 Å². The molecule has 0 fully saturated rings. The molecule has 1 atom stereocenters. The normalized spacial score (nSPS) is 25.9. The number of allylic oxidation sites excluding steroid dienone is 2. The van der Waals surface area contributed by atoms with Gasteiger partial charge in [-0.25, -0.2) is 0 Å². The molecule has 0 heterocycles. The van der Waals surface area contributed by atoms with E-state index in [1.54, 1.807) is 12.2 Å². The second-order valence-electron chi connectivity index (χ2n) is 2.17. The average Bonchev–Trinajstić information content (AvgIpc) is 1.88. The van der Waals surface area contributed by atoms with Crippen molar-refractivity contribution in [3.63, 3.8) is 0 Å². The first-order valence-corrected chi connectivity index (χ1v) is 3.01. The third-order valence-corrected chi connectivity index (χ3v) is 1.37. The van der Waals surface area contributed by atoms with Crippen molar-refractivity contribution in [1.29, 1.82) is 0 Å². The molecule has 0 radical (unpaired) electrons. The minimum absolute atomic E-state index is 0.119. The fraction of sp³-hybridized carbons (Fsp3) is 0.429. The van der Waals surface area contributed by atoms with Crippen molar-refractivity contribution < 1.29 is 10.2 Å². The van der Waals surface area contributed by atoms with Gasteiger partial charge in [0.2, 0.25) is 0 Å². The lowest BCUT2D eigenvalue weighted by molar-refractivity contribution is 0.248. The second-order valence-corrected chi connectivity index (χ2v) is 2.17. The van der Waals surface area contributed by atoms with E-state index in [-0.39, 0.29) is 18.3 Å². The van der Waals surface area contributed by atoms with E-state index in [0.29, 0.717) is 0 Å². The van der Waals surface area contributed by atoms with Crippen molar-refractivity contribution in [2.45, 2.75) is 6.42 Å². The summed E-state index contributed by atoms with van der Waals surface area (Å²) >= 11 is 0. The molecule has 1 rings (SSSR count). The Labute approximate surface area is 54.1 Å². The predicted molar refractivity (Wildman–Crippen MR) is 35.0 cm³/mol. The maximum absolute atomic E-state index is 8.87. The molecule has 2 N–H and O–H groups in total. The molecule has 2 heteroatoms. The Hall–Kier alpha value is -0.760. The zero-order valence-corrected chi connectivity index (χ0v) is 5.12. The van der Waals surface area contributed by atoms with E-state index in [1.165, 1.54) is 0 Å². The maximum Gasteiger partial charge on any atom is 0.111 e. The van der Waals surface area contributed by atoms with Crippen molar-refractivity contribution >= 4 is 0 Å². The molecule has 0 amide bonds. The molecule has 0 saturated carbocycles. The van der Waals surface area contributed by atoms with Gasteiger partial charge in [-0.3, -0.25) is 0 Å². The van der Waals surface area contributed by atoms with Gasteiger partial charge >= 0.3 is 0 Å². The molecule has 0 aromatic heterocycles. The Morgan fingerprint density at radius 3 is 2.89 bits per heavy atom. The molecule has 0 aromatic rings. The first-order chi connectivity index (χ1) is 4.33. The smallest absolute Gasteiger partial charge is 0.111 e. The summed E-state index contributed by atoms with van der Waals surface area (Å²) in [4.78, 5) is 0. The van der Waals surface area contributed by atoms with Crippen LogP contribution in [0.5, 0.6) is 0 Å². The standard InChI is InChI=1S/C7H10O2/c8-5-6-2-1-3-7(9)4-6/h1,3-4,6,8-9H,2,5H2/t6-/m1/s1. The molecule has 0 aliphatic heterocycles. The van der Waals surface area contributed by atoms with E-state index in [4.69, 9.17) is 10.2 Å². The summed E-state index contributed by atoms with van der Waals surface area (Å²) in [5.74, 6) is 0.385. The van der Waals surface area contributed by atoms with Crippen LogP contribution in [0.15, 0.2) is 24.0 Å². The molecule has 0 unspecified atom stereocenters. The van der Waals surface area contributed by atoms with Gasteiger partial charge in [-0.15, -0.1) is 0 Å². The van der Waals surface area contributed by atoms with Crippen molar-refractivity contribution in [3.05, 3.63) is 24.0 Å². The Kier molecular flexibility index (Phi) is 1.90. The van der Waals surface area contributed by atoms with Gasteiger partial charge in [-0.05, 0) is 18.6 Å². The molecular weight excluding hydrogens is 116 g/mol. The van der Waals surface area contributed by atoms with Crippen LogP contribution in [0.4, 0.5) is 0 Å². The number of aliphatic hydroxyl groups is 2. The SMILES string of the molecule is OC[C@H]1C=C(O)C=CC1. The average molecular weight is 126 g/mol. The summed E-state index contributed by atoms with van der Waals surface area (Å²) in [5, 5.41) is 17.5. The van der Waals surface area contributed by atoms with E-state index in [1.807, 2.05) is 6.08 Å². The van der Waals surface area contributed by atoms with E-state index in [2.05, 4.69) is 0 Å². The van der Waals surface area contributed by atoms with Crippen LogP contribution in [0.1, 0.15) is 6.42 Å². The Morgan fingerprint density at radius 2 is 2.44 bits per heavy atom. The van der Waals surface area contributed by atoms with Crippen molar-refractivity contribution in [2.24, 2.45) is 5.92 Å². The largest absolute Gasteiger partial charge is 0.508 e. The van der Waals surface area contributed by atoms with E-state index in [9.17, 15) is 0 Å². The Morgan fingerprint density at radius 1 is 1.67 bits per heavy atom. The number of hydrogen-bond donors (Lipinski definition) is 2. The van der Waals surface area contributed by atoms with Crippen LogP contribution in [0.2, 0.25) is 0 Å². The molecule has 1 aliphatic rings. The van der Waals surface area contributed by atoms with E-state index in [0.717, 1.165) is 6.42 Å². The molecule has 9 heavy (non-hydrogen) atoms. The maximum atomic E-state index is 8.87. The molecule has 0 spiro atoms. The highest BCUT2D eigenvalue weighted by atomic mass is 16.3. The molecule has 1 aliphatic carbocycles. The van der Waals surface area contributed by atoms with Gasteiger partial charge in [0.05, 0.1) is 0 Å². The van der Waals surface area contributed by atoms with Gasteiger partial charge in [0.15, 0.2) is 0 Å². The summed E-state index contributed by atoms with van der Waals surface area (Å²) in [7, 11) is 0. The lowest BCUT2D eigenvalue weighted by atomic mass is 10.0. The highest BCUT2D eigenvalue weighted by Crippen LogP contribution is 2.13. The van der Waals surface area contributed by atoms with Crippen LogP contribution in [0.25, 0.3) is 0 Å². The third-order valence-electron chi connectivity index (χ3n) is 1.37. The third kappa shape index (κ3) is 1.57. The van der Waals surface area contributed by atoms with Gasteiger partial charge in [0.25, 0.3) is 0 Å². The molecule has 50 valence electrons. The van der Waals surface area contributed by atoms with E-state index < -0.39 is 0 Å². The summed E-state index contributed by atoms with van der Waals surface area (Å²) in [6.45, 7) is 0.119. The number of rotatable bonds is 1. The van der Waals surface area contributed by atoms with Crippen LogP contribution in [-0.4, -0.2) is 16.8 Å². The van der Waals surface area contributed by atoms with Gasteiger partial charge in [-0.1, -0.05) is 6.08 Å². The summed E-state index contributed by atoms with van der Waals surface area (Å²) in [6, 6.07) is 0. The zero-order valence-electron chi connectivity index (χ0n) is 5.12. The minimum Gasteiger partial charge on any atom is -0.508 e. The topological polar surface area (TPSA) is 40.5 Å². The van der Waals surface area contributed by atoms with E-state index >= 15 is 0 Å². The molecule has 0 saturated heterocycles. The predicted octanol–water partition coefficient (Wildman–Crippen LogP) is 0.997.